The van der Waals surface area contributed by atoms with Gasteiger partial charge in [0.1, 0.15) is 25.9 Å². The molecule has 0 aliphatic heterocycles. The zero-order valence-corrected chi connectivity index (χ0v) is 20.5. The number of rotatable bonds is 18. The van der Waals surface area contributed by atoms with Crippen molar-refractivity contribution in [3.8, 4) is 0 Å². The van der Waals surface area contributed by atoms with Gasteiger partial charge in [-0.2, -0.15) is 12.6 Å². The summed E-state index contributed by atoms with van der Waals surface area (Å²) in [6, 6.07) is 0. The fourth-order valence-corrected chi connectivity index (χ4v) is 2.00. The molecule has 0 aliphatic rings. The van der Waals surface area contributed by atoms with E-state index in [1.165, 1.54) is 0 Å². The molecule has 0 radical (unpaired) electrons. The van der Waals surface area contributed by atoms with Crippen LogP contribution in [-0.4, -0.2) is 95.3 Å². The van der Waals surface area contributed by atoms with E-state index in [4.69, 9.17) is 28.4 Å². The second-order valence-electron chi connectivity index (χ2n) is 6.72. The van der Waals surface area contributed by atoms with Crippen LogP contribution in [0.5, 0.6) is 0 Å². The highest BCUT2D eigenvalue weighted by Crippen LogP contribution is 1.98. The Morgan fingerprint density at radius 3 is 1.65 bits per heavy atom. The largest absolute Gasteiger partial charge is 0.460 e. The zero-order valence-electron chi connectivity index (χ0n) is 19.6. The molecular formula is C21H34N2O10S. The van der Waals surface area contributed by atoms with Crippen molar-refractivity contribution in [3.63, 3.8) is 0 Å². The summed E-state index contributed by atoms with van der Waals surface area (Å²) in [6.45, 7) is 11.0. The monoisotopic (exact) mass is 506 g/mol. The summed E-state index contributed by atoms with van der Waals surface area (Å²) >= 11 is 4.07. The van der Waals surface area contributed by atoms with Crippen molar-refractivity contribution in [2.24, 2.45) is 0 Å². The van der Waals surface area contributed by atoms with Crippen LogP contribution in [0.4, 0.5) is 9.59 Å². The lowest BCUT2D eigenvalue weighted by Gasteiger charge is -2.16. The van der Waals surface area contributed by atoms with E-state index in [9.17, 15) is 19.2 Å². The minimum absolute atomic E-state index is 0.0777. The Hall–Kier alpha value is -2.77. The lowest BCUT2D eigenvalue weighted by atomic mass is 10.4. The number of esters is 2. The molecule has 0 aliphatic carbocycles. The van der Waals surface area contributed by atoms with Gasteiger partial charge >= 0.3 is 24.1 Å². The molecule has 194 valence electrons. The van der Waals surface area contributed by atoms with Crippen molar-refractivity contribution in [2.75, 3.05) is 65.1 Å². The van der Waals surface area contributed by atoms with Crippen LogP contribution in [0, 0.1) is 0 Å². The van der Waals surface area contributed by atoms with Crippen molar-refractivity contribution in [3.05, 3.63) is 24.3 Å². The average Bonchev–Trinajstić information content (AvgIpc) is 2.79. The normalized spacial score (nSPS) is 11.0. The van der Waals surface area contributed by atoms with Crippen LogP contribution in [0.15, 0.2) is 24.3 Å². The summed E-state index contributed by atoms with van der Waals surface area (Å²) in [7, 11) is 0. The van der Waals surface area contributed by atoms with Crippen molar-refractivity contribution in [2.45, 2.75) is 20.0 Å². The van der Waals surface area contributed by atoms with E-state index in [0.717, 1.165) is 0 Å². The summed E-state index contributed by atoms with van der Waals surface area (Å²) in [6.07, 6.45) is -2.19. The Morgan fingerprint density at radius 2 is 1.21 bits per heavy atom. The average molecular weight is 507 g/mol. The number of hydrogen-bond donors (Lipinski definition) is 3. The number of carbonyl (C=O) groups is 4. The molecule has 2 N–H and O–H groups in total. The third-order valence-corrected chi connectivity index (χ3v) is 3.93. The fraction of sp³-hybridized carbons (Fsp3) is 0.619. The number of alkyl carbamates (subject to hydrolysis) is 2. The standard InChI is InChI=1S/C21H34N2O10S/c1-15(2)18(24)30-11-9-28-7-5-22-20(26)32-13-17(14-34)33-21(27)23-6-8-29-10-12-31-19(25)16(3)4/h17,34H,1,3,5-14H2,2,4H3,(H,22,26)(H,23,27). The van der Waals surface area contributed by atoms with Gasteiger partial charge in [-0.1, -0.05) is 13.2 Å². The van der Waals surface area contributed by atoms with Gasteiger partial charge in [0.25, 0.3) is 0 Å². The van der Waals surface area contributed by atoms with E-state index in [0.29, 0.717) is 11.1 Å². The Balaban J connectivity index is 3.76. The molecule has 2 amide bonds. The van der Waals surface area contributed by atoms with Gasteiger partial charge in [0.05, 0.1) is 26.4 Å². The Bertz CT molecular complexity index is 686. The van der Waals surface area contributed by atoms with Crippen LogP contribution < -0.4 is 10.6 Å². The topological polar surface area (TPSA) is 148 Å². The quantitative estimate of drug-likeness (QED) is 0.0809. The molecule has 12 nitrogen and oxygen atoms in total. The SMILES string of the molecule is C=C(C)C(=O)OCCOCCNC(=O)OCC(CS)OC(=O)NCCOCCOC(=O)C(=C)C. The maximum absolute atomic E-state index is 11.8. The number of amides is 2. The Labute approximate surface area is 204 Å². The first-order valence-electron chi connectivity index (χ1n) is 10.4. The van der Waals surface area contributed by atoms with Crippen LogP contribution in [0.25, 0.3) is 0 Å². The third-order valence-electron chi connectivity index (χ3n) is 3.53. The number of ether oxygens (including phenoxy) is 6. The predicted molar refractivity (Wildman–Crippen MR) is 125 cm³/mol. The number of carbonyl (C=O) groups excluding carboxylic acids is 4. The molecule has 34 heavy (non-hydrogen) atoms. The van der Waals surface area contributed by atoms with Gasteiger partial charge < -0.3 is 39.1 Å². The van der Waals surface area contributed by atoms with Gasteiger partial charge in [-0.05, 0) is 13.8 Å². The Kier molecular flexibility index (Phi) is 18.1. The van der Waals surface area contributed by atoms with Crippen molar-refractivity contribution in [1.29, 1.82) is 0 Å². The van der Waals surface area contributed by atoms with Crippen LogP contribution in [0.1, 0.15) is 13.8 Å². The first-order valence-corrected chi connectivity index (χ1v) is 11.1. The molecule has 0 rings (SSSR count). The molecule has 0 fully saturated rings. The summed E-state index contributed by atoms with van der Waals surface area (Å²) < 4.78 is 30.2. The van der Waals surface area contributed by atoms with E-state index in [1.54, 1.807) is 13.8 Å². The second-order valence-corrected chi connectivity index (χ2v) is 7.08. The molecule has 0 aromatic heterocycles. The van der Waals surface area contributed by atoms with Crippen molar-refractivity contribution >= 4 is 36.8 Å². The molecule has 0 spiro atoms. The van der Waals surface area contributed by atoms with Gasteiger partial charge in [0.2, 0.25) is 0 Å². The van der Waals surface area contributed by atoms with E-state index in [-0.39, 0.29) is 65.1 Å². The first kappa shape index (κ1) is 31.2. The minimum Gasteiger partial charge on any atom is -0.460 e. The van der Waals surface area contributed by atoms with Crippen LogP contribution >= 0.6 is 12.6 Å². The number of nitrogens with one attached hydrogen (secondary N) is 2. The molecule has 13 heteroatoms. The third kappa shape index (κ3) is 17.7. The molecule has 0 heterocycles. The molecular weight excluding hydrogens is 472 g/mol. The highest BCUT2D eigenvalue weighted by molar-refractivity contribution is 7.80. The Morgan fingerprint density at radius 1 is 0.735 bits per heavy atom. The van der Waals surface area contributed by atoms with Gasteiger partial charge in [0.15, 0.2) is 0 Å². The lowest BCUT2D eigenvalue weighted by Crippen LogP contribution is -2.36. The predicted octanol–water partition coefficient (Wildman–Crippen LogP) is 1.01. The zero-order chi connectivity index (χ0) is 25.8. The highest BCUT2D eigenvalue weighted by atomic mass is 32.1. The highest BCUT2D eigenvalue weighted by Gasteiger charge is 2.15. The van der Waals surface area contributed by atoms with E-state index >= 15 is 0 Å². The van der Waals surface area contributed by atoms with Crippen LogP contribution in [0.2, 0.25) is 0 Å². The number of hydrogen-bond acceptors (Lipinski definition) is 11. The summed E-state index contributed by atoms with van der Waals surface area (Å²) in [5, 5.41) is 4.94. The first-order chi connectivity index (χ1) is 16.2. The second kappa shape index (κ2) is 19.7. The van der Waals surface area contributed by atoms with Gasteiger partial charge in [-0.3, -0.25) is 0 Å². The summed E-state index contributed by atoms with van der Waals surface area (Å²) in [5.41, 5.74) is 0.601. The molecule has 0 aromatic carbocycles. The van der Waals surface area contributed by atoms with Gasteiger partial charge in [-0.25, -0.2) is 19.2 Å². The van der Waals surface area contributed by atoms with E-state index in [1.807, 2.05) is 0 Å². The maximum atomic E-state index is 11.8. The number of thiol groups is 1. The fourth-order valence-electron chi connectivity index (χ4n) is 1.82. The van der Waals surface area contributed by atoms with E-state index in [2.05, 4.69) is 36.4 Å². The molecule has 0 saturated carbocycles. The maximum Gasteiger partial charge on any atom is 0.407 e. The van der Waals surface area contributed by atoms with Crippen LogP contribution in [0.3, 0.4) is 0 Å². The molecule has 0 aromatic rings. The molecule has 1 atom stereocenters. The van der Waals surface area contributed by atoms with Crippen LogP contribution in [-0.2, 0) is 38.0 Å². The smallest absolute Gasteiger partial charge is 0.407 e. The van der Waals surface area contributed by atoms with Gasteiger partial charge in [0, 0.05) is 30.0 Å². The van der Waals surface area contributed by atoms with Crippen molar-refractivity contribution in [1.82, 2.24) is 10.6 Å². The van der Waals surface area contributed by atoms with Gasteiger partial charge in [-0.15, -0.1) is 0 Å². The van der Waals surface area contributed by atoms with E-state index < -0.39 is 30.2 Å². The molecule has 0 bridgehead atoms. The summed E-state index contributed by atoms with van der Waals surface area (Å²) in [4.78, 5) is 45.8. The van der Waals surface area contributed by atoms with Crippen molar-refractivity contribution < 1.29 is 47.6 Å². The molecule has 1 unspecified atom stereocenters. The summed E-state index contributed by atoms with van der Waals surface area (Å²) in [5.74, 6) is -0.852. The molecule has 0 saturated heterocycles. The minimum atomic E-state index is -0.754. The lowest BCUT2D eigenvalue weighted by molar-refractivity contribution is -0.141.